The van der Waals surface area contributed by atoms with Crippen LogP contribution in [0.2, 0.25) is 0 Å². The number of aromatic nitrogens is 1. The van der Waals surface area contributed by atoms with Crippen molar-refractivity contribution in [2.75, 3.05) is 17.6 Å². The van der Waals surface area contributed by atoms with Crippen LogP contribution in [-0.4, -0.2) is 22.9 Å². The summed E-state index contributed by atoms with van der Waals surface area (Å²) in [5.41, 5.74) is 6.25. The highest BCUT2D eigenvalue weighted by molar-refractivity contribution is 7.11. The maximum Gasteiger partial charge on any atom is 0.258 e. The number of hydrogen-bond acceptors (Lipinski definition) is 5. The number of nitrogens with zero attached hydrogens (tertiary/aromatic N) is 1. The predicted octanol–water partition coefficient (Wildman–Crippen LogP) is 2.57. The van der Waals surface area contributed by atoms with Gasteiger partial charge in [-0.25, -0.2) is 0 Å². The lowest BCUT2D eigenvalue weighted by Crippen LogP contribution is -2.31. The van der Waals surface area contributed by atoms with Gasteiger partial charge in [-0.2, -0.15) is 4.37 Å². The predicted molar refractivity (Wildman–Crippen MR) is 81.6 cm³/mol. The zero-order valence-corrected chi connectivity index (χ0v) is 13.1. The molecule has 0 aliphatic carbocycles. The van der Waals surface area contributed by atoms with Gasteiger partial charge in [0.2, 0.25) is 0 Å². The molecule has 1 aromatic rings. The Hall–Kier alpha value is -1.30. The Morgan fingerprint density at radius 2 is 1.95 bits per heavy atom. The van der Waals surface area contributed by atoms with Crippen LogP contribution < -0.4 is 16.4 Å². The van der Waals surface area contributed by atoms with Crippen LogP contribution in [0.3, 0.4) is 0 Å². The Bertz CT molecular complexity index is 428. The van der Waals surface area contributed by atoms with Crippen LogP contribution in [0.5, 0.6) is 0 Å². The van der Waals surface area contributed by atoms with Gasteiger partial charge < -0.3 is 16.4 Å². The fourth-order valence-electron chi connectivity index (χ4n) is 1.47. The smallest absolute Gasteiger partial charge is 0.258 e. The molecule has 1 unspecified atom stereocenters. The van der Waals surface area contributed by atoms with Crippen molar-refractivity contribution in [3.63, 3.8) is 0 Å². The number of hydrogen-bond donors (Lipinski definition) is 3. The van der Waals surface area contributed by atoms with E-state index in [0.29, 0.717) is 23.2 Å². The zero-order valence-electron chi connectivity index (χ0n) is 12.3. The van der Waals surface area contributed by atoms with E-state index >= 15 is 0 Å². The minimum absolute atomic E-state index is 0.0780. The Morgan fingerprint density at radius 3 is 2.47 bits per heavy atom. The van der Waals surface area contributed by atoms with Crippen molar-refractivity contribution in [1.29, 1.82) is 0 Å². The van der Waals surface area contributed by atoms with Crippen LogP contribution in [0.25, 0.3) is 0 Å². The van der Waals surface area contributed by atoms with Crippen molar-refractivity contribution in [3.8, 4) is 0 Å². The maximum absolute atomic E-state index is 12.1. The highest BCUT2D eigenvalue weighted by Crippen LogP contribution is 2.27. The van der Waals surface area contributed by atoms with Gasteiger partial charge in [0.05, 0.1) is 0 Å². The molecule has 0 fully saturated rings. The molecule has 0 aromatic carbocycles. The van der Waals surface area contributed by atoms with E-state index in [4.69, 9.17) is 5.73 Å². The van der Waals surface area contributed by atoms with Crippen LogP contribution >= 0.6 is 11.5 Å². The zero-order chi connectivity index (χ0) is 14.6. The average molecular weight is 284 g/mol. The summed E-state index contributed by atoms with van der Waals surface area (Å²) in [4.78, 5) is 12.1. The molecule has 0 spiro atoms. The molecule has 1 atom stereocenters. The molecule has 0 saturated carbocycles. The highest BCUT2D eigenvalue weighted by Gasteiger charge is 2.20. The van der Waals surface area contributed by atoms with Gasteiger partial charge in [0.25, 0.3) is 5.91 Å². The number of carbonyl (C=O) groups excluding carboxylic acids is 1. The van der Waals surface area contributed by atoms with E-state index in [2.05, 4.69) is 35.8 Å². The minimum Gasteiger partial charge on any atom is -0.382 e. The van der Waals surface area contributed by atoms with Crippen LogP contribution in [0.15, 0.2) is 0 Å². The molecule has 1 amide bonds. The van der Waals surface area contributed by atoms with Gasteiger partial charge in [0.1, 0.15) is 10.6 Å². The Kier molecular flexibility index (Phi) is 5.60. The van der Waals surface area contributed by atoms with Crippen LogP contribution in [-0.2, 0) is 0 Å². The molecule has 4 N–H and O–H groups in total. The van der Waals surface area contributed by atoms with E-state index in [1.54, 1.807) is 0 Å². The van der Waals surface area contributed by atoms with Gasteiger partial charge in [0, 0.05) is 12.6 Å². The summed E-state index contributed by atoms with van der Waals surface area (Å²) in [7, 11) is 0. The first-order chi connectivity index (χ1) is 8.82. The second-order valence-corrected chi connectivity index (χ2v) is 6.28. The number of rotatable bonds is 6. The van der Waals surface area contributed by atoms with Crippen molar-refractivity contribution in [1.82, 2.24) is 9.69 Å². The van der Waals surface area contributed by atoms with E-state index in [-0.39, 0.29) is 11.9 Å². The molecular formula is C13H24N4OS. The number of nitrogen functional groups attached to an aromatic ring is 1. The molecule has 0 aliphatic rings. The summed E-state index contributed by atoms with van der Waals surface area (Å²) in [6.07, 6.45) is 0. The third-order valence-electron chi connectivity index (χ3n) is 3.09. The quantitative estimate of drug-likeness (QED) is 0.750. The maximum atomic E-state index is 12.1. The third-order valence-corrected chi connectivity index (χ3v) is 3.91. The Labute approximate surface area is 119 Å². The van der Waals surface area contributed by atoms with Gasteiger partial charge in [0.15, 0.2) is 5.82 Å². The number of anilines is 2. The van der Waals surface area contributed by atoms with E-state index in [1.807, 2.05) is 13.8 Å². The Morgan fingerprint density at radius 1 is 1.32 bits per heavy atom. The summed E-state index contributed by atoms with van der Waals surface area (Å²) < 4.78 is 4.06. The van der Waals surface area contributed by atoms with Crippen molar-refractivity contribution < 1.29 is 4.79 Å². The number of nitrogens with one attached hydrogen (secondary N) is 2. The van der Waals surface area contributed by atoms with E-state index in [1.165, 1.54) is 11.5 Å². The molecule has 1 aromatic heterocycles. The van der Waals surface area contributed by atoms with Crippen molar-refractivity contribution in [2.45, 2.75) is 40.7 Å². The third kappa shape index (κ3) is 4.38. The minimum atomic E-state index is -0.166. The Balaban J connectivity index is 2.77. The first-order valence-corrected chi connectivity index (χ1v) is 7.40. The monoisotopic (exact) mass is 284 g/mol. The topological polar surface area (TPSA) is 80.0 Å². The van der Waals surface area contributed by atoms with Gasteiger partial charge in [-0.05, 0) is 37.2 Å². The summed E-state index contributed by atoms with van der Waals surface area (Å²) >= 11 is 1.24. The van der Waals surface area contributed by atoms with Gasteiger partial charge in [-0.3, -0.25) is 4.79 Å². The van der Waals surface area contributed by atoms with Gasteiger partial charge in [-0.1, -0.05) is 20.8 Å². The lowest BCUT2D eigenvalue weighted by Gasteiger charge is -2.16. The van der Waals surface area contributed by atoms with Crippen LogP contribution in [0, 0.1) is 11.8 Å². The largest absolute Gasteiger partial charge is 0.382 e. The second kappa shape index (κ2) is 6.75. The summed E-state index contributed by atoms with van der Waals surface area (Å²) in [6.45, 7) is 11.2. The van der Waals surface area contributed by atoms with E-state index in [0.717, 1.165) is 11.5 Å². The lowest BCUT2D eigenvalue weighted by atomic mass is 9.98. The normalized spacial score (nSPS) is 12.8. The van der Waals surface area contributed by atoms with Crippen molar-refractivity contribution >= 4 is 28.3 Å². The second-order valence-electron chi connectivity index (χ2n) is 5.50. The number of carbonyl (C=O) groups is 1. The van der Waals surface area contributed by atoms with Crippen LogP contribution in [0.1, 0.15) is 45.0 Å². The molecule has 0 radical (unpaired) electrons. The van der Waals surface area contributed by atoms with E-state index in [9.17, 15) is 4.79 Å². The summed E-state index contributed by atoms with van der Waals surface area (Å²) in [5.74, 6) is 1.24. The molecule has 108 valence electrons. The van der Waals surface area contributed by atoms with Crippen LogP contribution in [0.4, 0.5) is 10.8 Å². The molecule has 19 heavy (non-hydrogen) atoms. The molecule has 5 nitrogen and oxygen atoms in total. The molecular weight excluding hydrogens is 260 g/mol. The molecule has 1 rings (SSSR count). The first-order valence-electron chi connectivity index (χ1n) is 6.62. The lowest BCUT2D eigenvalue weighted by molar-refractivity contribution is 0.0945. The molecule has 6 heteroatoms. The fraction of sp³-hybridized carbons (Fsp3) is 0.692. The number of amides is 1. The molecule has 0 bridgehead atoms. The molecule has 1 heterocycles. The molecule has 0 aliphatic heterocycles. The molecule has 0 saturated heterocycles. The summed E-state index contributed by atoms with van der Waals surface area (Å²) in [5, 5.41) is 6.88. The number of nitrogens with two attached hydrogens (primary N) is 1. The van der Waals surface area contributed by atoms with Gasteiger partial charge in [-0.15, -0.1) is 0 Å². The first kappa shape index (κ1) is 15.8. The highest BCUT2D eigenvalue weighted by atomic mass is 32.1. The summed E-state index contributed by atoms with van der Waals surface area (Å²) in [6, 6.07) is 0.0780. The fourth-order valence-corrected chi connectivity index (χ4v) is 2.18. The van der Waals surface area contributed by atoms with Crippen molar-refractivity contribution in [2.24, 2.45) is 11.8 Å². The SMILES string of the molecule is CC(C)NC(=O)c1c(N)nsc1NCC(C)C(C)C. The van der Waals surface area contributed by atoms with E-state index < -0.39 is 0 Å². The van der Waals surface area contributed by atoms with Gasteiger partial charge >= 0.3 is 0 Å². The average Bonchev–Trinajstić information content (AvgIpc) is 2.66. The van der Waals surface area contributed by atoms with Crippen molar-refractivity contribution in [3.05, 3.63) is 5.56 Å². The standard InChI is InChI=1S/C13H24N4OS/c1-7(2)9(5)6-15-13-10(11(14)17-19-13)12(18)16-8(3)4/h7-9,15H,6H2,1-5H3,(H2,14,17)(H,16,18).